The van der Waals surface area contributed by atoms with E-state index in [1.807, 2.05) is 20.1 Å². The molecule has 0 saturated carbocycles. The van der Waals surface area contributed by atoms with E-state index in [-0.39, 0.29) is 18.1 Å². The van der Waals surface area contributed by atoms with E-state index >= 15 is 0 Å². The molecule has 0 aromatic heterocycles. The van der Waals surface area contributed by atoms with Crippen LogP contribution < -0.4 is 16.4 Å². The van der Waals surface area contributed by atoms with Crippen molar-refractivity contribution in [2.45, 2.75) is 70.1 Å². The summed E-state index contributed by atoms with van der Waals surface area (Å²) in [6, 6.07) is 2.62. The molecule has 1 aliphatic rings. The number of aromatic hydroxyl groups is 1. The van der Waals surface area contributed by atoms with E-state index in [1.165, 1.54) is 28.8 Å². The van der Waals surface area contributed by atoms with Crippen molar-refractivity contribution in [2.75, 3.05) is 18.6 Å². The lowest BCUT2D eigenvalue weighted by Crippen LogP contribution is -2.57. The highest BCUT2D eigenvalue weighted by molar-refractivity contribution is 7.98. The summed E-state index contributed by atoms with van der Waals surface area (Å²) < 4.78 is 0. The summed E-state index contributed by atoms with van der Waals surface area (Å²) in [5.74, 6) is -1.69. The molecule has 1 saturated heterocycles. The van der Waals surface area contributed by atoms with Crippen molar-refractivity contribution >= 4 is 35.5 Å². The zero-order valence-electron chi connectivity index (χ0n) is 21.1. The van der Waals surface area contributed by atoms with Crippen LogP contribution in [0.1, 0.15) is 45.1 Å². The zero-order valence-corrected chi connectivity index (χ0v) is 21.9. The van der Waals surface area contributed by atoms with Crippen LogP contribution in [0.5, 0.6) is 5.75 Å². The molecule has 4 unspecified atom stereocenters. The van der Waals surface area contributed by atoms with Gasteiger partial charge in [-0.15, -0.1) is 0 Å². The molecule has 0 radical (unpaired) electrons. The summed E-state index contributed by atoms with van der Waals surface area (Å²) >= 11 is 1.51. The molecule has 11 heteroatoms. The maximum absolute atomic E-state index is 13.4. The van der Waals surface area contributed by atoms with Crippen molar-refractivity contribution in [1.82, 2.24) is 15.5 Å². The smallest absolute Gasteiger partial charge is 0.326 e. The number of nitrogens with two attached hydrogens (primary N) is 1. The number of carboxylic acids is 1. The number of hydrogen-bond donors (Lipinski definition) is 5. The van der Waals surface area contributed by atoms with Crippen LogP contribution in [0.25, 0.3) is 0 Å². The highest BCUT2D eigenvalue weighted by atomic mass is 32.2. The number of rotatable bonds is 13. The number of aliphatic carboxylic acids is 1. The van der Waals surface area contributed by atoms with E-state index in [2.05, 4.69) is 10.6 Å². The minimum atomic E-state index is -1.06. The quantitative estimate of drug-likeness (QED) is 0.257. The fourth-order valence-electron chi connectivity index (χ4n) is 4.22. The van der Waals surface area contributed by atoms with Crippen LogP contribution in [-0.4, -0.2) is 81.5 Å². The highest BCUT2D eigenvalue weighted by Crippen LogP contribution is 2.20. The molecule has 36 heavy (non-hydrogen) atoms. The molecule has 3 amide bonds. The number of nitrogens with one attached hydrogen (secondary N) is 2. The van der Waals surface area contributed by atoms with E-state index in [4.69, 9.17) is 5.73 Å². The van der Waals surface area contributed by atoms with Gasteiger partial charge < -0.3 is 31.5 Å². The molecule has 200 valence electrons. The van der Waals surface area contributed by atoms with Crippen molar-refractivity contribution in [1.29, 1.82) is 0 Å². The molecule has 4 atom stereocenters. The van der Waals surface area contributed by atoms with Gasteiger partial charge in [0.05, 0.1) is 6.04 Å². The SMILES string of the molecule is CSCCC(NC(=O)C(Cc1ccc(O)cc1)NC(=O)C(N)CC(C)C)C(=O)N1CCCC1C(=O)O. The van der Waals surface area contributed by atoms with Gasteiger partial charge in [-0.05, 0) is 61.3 Å². The lowest BCUT2D eigenvalue weighted by atomic mass is 10.0. The fraction of sp³-hybridized carbons (Fsp3) is 0.600. The van der Waals surface area contributed by atoms with Gasteiger partial charge in [-0.1, -0.05) is 26.0 Å². The molecule has 6 N–H and O–H groups in total. The second kappa shape index (κ2) is 14.1. The summed E-state index contributed by atoms with van der Waals surface area (Å²) in [5.41, 5.74) is 6.72. The molecule has 1 fully saturated rings. The Hall–Kier alpha value is -2.79. The van der Waals surface area contributed by atoms with Gasteiger partial charge in [0.2, 0.25) is 17.7 Å². The molecule has 1 aromatic carbocycles. The highest BCUT2D eigenvalue weighted by Gasteiger charge is 2.38. The number of phenolic OH excluding ortho intramolecular Hbond substituents is 1. The largest absolute Gasteiger partial charge is 0.508 e. The molecule has 2 rings (SSSR count). The molecular formula is C25H38N4O6S. The van der Waals surface area contributed by atoms with E-state index in [9.17, 15) is 29.4 Å². The number of benzene rings is 1. The second-order valence-corrected chi connectivity index (χ2v) is 10.5. The van der Waals surface area contributed by atoms with Crippen LogP contribution in [0.3, 0.4) is 0 Å². The van der Waals surface area contributed by atoms with Gasteiger partial charge in [0.15, 0.2) is 0 Å². The zero-order chi connectivity index (χ0) is 26.8. The summed E-state index contributed by atoms with van der Waals surface area (Å²) in [4.78, 5) is 52.4. The Labute approximate surface area is 216 Å². The number of thioether (sulfide) groups is 1. The van der Waals surface area contributed by atoms with E-state index in [0.717, 1.165) is 0 Å². The Morgan fingerprint density at radius 3 is 2.33 bits per heavy atom. The van der Waals surface area contributed by atoms with Crippen molar-refractivity contribution < 1.29 is 29.4 Å². The first-order valence-corrected chi connectivity index (χ1v) is 13.6. The van der Waals surface area contributed by atoms with Crippen LogP contribution in [0.2, 0.25) is 0 Å². The Kier molecular flexibility index (Phi) is 11.5. The standard InChI is InChI=1S/C25H38N4O6S/c1-15(2)13-18(26)22(31)28-20(14-16-6-8-17(30)9-7-16)23(32)27-19(10-12-36-3)24(33)29-11-4-5-21(29)25(34)35/h6-9,15,18-21,30H,4-5,10-14,26H2,1-3H3,(H,27,32)(H,28,31)(H,34,35). The Morgan fingerprint density at radius 1 is 1.11 bits per heavy atom. The van der Waals surface area contributed by atoms with Crippen LogP contribution >= 0.6 is 11.8 Å². The van der Waals surface area contributed by atoms with Crippen molar-refractivity contribution in [3.8, 4) is 5.75 Å². The first-order valence-electron chi connectivity index (χ1n) is 12.2. The van der Waals surface area contributed by atoms with E-state index < -0.39 is 47.9 Å². The molecular weight excluding hydrogens is 484 g/mol. The van der Waals surface area contributed by atoms with Crippen LogP contribution in [0, 0.1) is 5.92 Å². The number of carbonyl (C=O) groups is 4. The Morgan fingerprint density at radius 2 is 1.75 bits per heavy atom. The maximum atomic E-state index is 13.4. The monoisotopic (exact) mass is 522 g/mol. The van der Waals surface area contributed by atoms with Gasteiger partial charge in [-0.3, -0.25) is 14.4 Å². The predicted molar refractivity (Wildman–Crippen MR) is 138 cm³/mol. The first kappa shape index (κ1) is 29.4. The number of phenols is 1. The van der Waals surface area contributed by atoms with Crippen molar-refractivity contribution in [3.05, 3.63) is 29.8 Å². The van der Waals surface area contributed by atoms with Gasteiger partial charge >= 0.3 is 5.97 Å². The number of hydrogen-bond acceptors (Lipinski definition) is 7. The molecule has 1 aliphatic heterocycles. The average molecular weight is 523 g/mol. The molecule has 0 spiro atoms. The van der Waals surface area contributed by atoms with Crippen LogP contribution in [0.15, 0.2) is 24.3 Å². The number of likely N-dealkylation sites (tertiary alicyclic amines) is 1. The molecule has 1 heterocycles. The summed E-state index contributed by atoms with van der Waals surface area (Å²) in [6.45, 7) is 4.20. The van der Waals surface area contributed by atoms with Crippen molar-refractivity contribution in [3.63, 3.8) is 0 Å². The first-order chi connectivity index (χ1) is 17.0. The lowest BCUT2D eigenvalue weighted by molar-refractivity contribution is -0.149. The molecule has 0 aliphatic carbocycles. The summed E-state index contributed by atoms with van der Waals surface area (Å²) in [6.07, 6.45) is 3.72. The summed E-state index contributed by atoms with van der Waals surface area (Å²) in [5, 5.41) is 24.6. The van der Waals surface area contributed by atoms with E-state index in [0.29, 0.717) is 43.5 Å². The third-order valence-corrected chi connectivity index (χ3v) is 6.76. The van der Waals surface area contributed by atoms with Crippen LogP contribution in [-0.2, 0) is 25.6 Å². The molecule has 1 aromatic rings. The second-order valence-electron chi connectivity index (χ2n) is 9.54. The van der Waals surface area contributed by atoms with Gasteiger partial charge in [-0.25, -0.2) is 4.79 Å². The number of amides is 3. The van der Waals surface area contributed by atoms with Gasteiger partial charge in [0.25, 0.3) is 0 Å². The number of carbonyl (C=O) groups excluding carboxylic acids is 3. The van der Waals surface area contributed by atoms with Gasteiger partial charge in [-0.2, -0.15) is 11.8 Å². The van der Waals surface area contributed by atoms with E-state index in [1.54, 1.807) is 12.1 Å². The maximum Gasteiger partial charge on any atom is 0.326 e. The van der Waals surface area contributed by atoms with Gasteiger partial charge in [0, 0.05) is 13.0 Å². The topological polar surface area (TPSA) is 162 Å². The normalized spacial score (nSPS) is 17.9. The third-order valence-electron chi connectivity index (χ3n) is 6.12. The Bertz CT molecular complexity index is 910. The third kappa shape index (κ3) is 8.70. The number of carboxylic acid groups (broad SMARTS) is 1. The minimum absolute atomic E-state index is 0.0732. The minimum Gasteiger partial charge on any atom is -0.508 e. The van der Waals surface area contributed by atoms with Gasteiger partial charge in [0.1, 0.15) is 23.9 Å². The predicted octanol–water partition coefficient (Wildman–Crippen LogP) is 1.11. The molecule has 10 nitrogen and oxygen atoms in total. The van der Waals surface area contributed by atoms with Crippen molar-refractivity contribution in [2.24, 2.45) is 11.7 Å². The number of nitrogens with zero attached hydrogens (tertiary/aromatic N) is 1. The lowest BCUT2D eigenvalue weighted by Gasteiger charge is -2.29. The summed E-state index contributed by atoms with van der Waals surface area (Å²) in [7, 11) is 0. The molecule has 0 bridgehead atoms. The Balaban J connectivity index is 2.23. The fourth-order valence-corrected chi connectivity index (χ4v) is 4.69. The average Bonchev–Trinajstić information content (AvgIpc) is 3.32. The van der Waals surface area contributed by atoms with Crippen LogP contribution in [0.4, 0.5) is 0 Å².